The second-order valence-electron chi connectivity index (χ2n) is 16.9. The van der Waals surface area contributed by atoms with E-state index in [1.807, 2.05) is 50.3 Å². The van der Waals surface area contributed by atoms with E-state index in [9.17, 15) is 54.3 Å². The van der Waals surface area contributed by atoms with E-state index in [1.54, 1.807) is 62.5 Å². The number of carbonyl (C=O) groups is 5. The first-order valence-corrected chi connectivity index (χ1v) is 23.8. The van der Waals surface area contributed by atoms with Crippen molar-refractivity contribution in [1.29, 1.82) is 0 Å². The lowest BCUT2D eigenvalue weighted by molar-refractivity contribution is -0.383. The Morgan fingerprint density at radius 3 is 1.12 bits per heavy atom. The predicted molar refractivity (Wildman–Crippen MR) is 298 cm³/mol. The fourth-order valence-corrected chi connectivity index (χ4v) is 9.32. The molecule has 0 saturated carbocycles. The zero-order valence-electron chi connectivity index (χ0n) is 41.2. The first kappa shape index (κ1) is 56.4. The maximum atomic E-state index is 11.3. The van der Waals surface area contributed by atoms with Gasteiger partial charge in [0.15, 0.2) is 0 Å². The Bertz CT molecular complexity index is 3780. The topological polar surface area (TPSA) is 427 Å². The van der Waals surface area contributed by atoms with Gasteiger partial charge in [-0.05, 0) is 102 Å². The maximum absolute atomic E-state index is 11.3. The summed E-state index contributed by atoms with van der Waals surface area (Å²) < 4.78 is 1.49. The molecule has 5 aromatic carbocycles. The Hall–Kier alpha value is -9.89. The van der Waals surface area contributed by atoms with Crippen molar-refractivity contribution in [2.75, 3.05) is 19.0 Å². The number of nitrogens with zero attached hydrogens (tertiary/aromatic N) is 4. The van der Waals surface area contributed by atoms with Crippen molar-refractivity contribution in [3.8, 4) is 0 Å². The number of amides is 5. The molecule has 0 bridgehead atoms. The zero-order valence-corrected chi connectivity index (χ0v) is 44.3. The van der Waals surface area contributed by atoms with Crippen molar-refractivity contribution in [3.63, 3.8) is 0 Å². The summed E-state index contributed by atoms with van der Waals surface area (Å²) >= 11 is 6.59. The van der Waals surface area contributed by atoms with E-state index < -0.39 is 44.3 Å². The molecule has 25 nitrogen and oxygen atoms in total. The Kier molecular flexibility index (Phi) is 16.9. The van der Waals surface area contributed by atoms with Gasteiger partial charge >= 0.3 is 0 Å². The summed E-state index contributed by atoms with van der Waals surface area (Å²) in [5.74, 6) is -2.67. The van der Waals surface area contributed by atoms with Gasteiger partial charge in [-0.15, -0.1) is 0 Å². The van der Waals surface area contributed by atoms with Gasteiger partial charge < -0.3 is 58.5 Å². The summed E-state index contributed by atoms with van der Waals surface area (Å²) in [5.41, 5.74) is 34.2. The Morgan fingerprint density at radius 2 is 0.740 bits per heavy atom. The summed E-state index contributed by atoms with van der Waals surface area (Å²) in [5, 5.41) is 35.6. The lowest BCUT2D eigenvalue weighted by atomic mass is 10.1. The Labute approximate surface area is 450 Å². The molecule has 0 radical (unpaired) electrons. The van der Waals surface area contributed by atoms with Crippen molar-refractivity contribution in [3.05, 3.63) is 182 Å². The second kappa shape index (κ2) is 23.1. The molecule has 396 valence electrons. The normalized spacial score (nSPS) is 10.6. The molecule has 0 aliphatic rings. The molecule has 27 heteroatoms. The Morgan fingerprint density at radius 1 is 0.429 bits per heavy atom. The van der Waals surface area contributed by atoms with Crippen LogP contribution in [0.25, 0.3) is 54.5 Å². The van der Waals surface area contributed by atoms with Gasteiger partial charge in [0.25, 0.3) is 46.6 Å². The quantitative estimate of drug-likeness (QED) is 0.0480. The average molecular weight is 1180 g/mol. The van der Waals surface area contributed by atoms with Gasteiger partial charge in [0.05, 0.1) is 111 Å². The number of anilines is 1. The molecule has 0 fully saturated rings. The van der Waals surface area contributed by atoms with Crippen molar-refractivity contribution in [2.45, 2.75) is 20.8 Å². The van der Waals surface area contributed by atoms with Crippen molar-refractivity contribution in [2.24, 2.45) is 28.7 Å². The van der Waals surface area contributed by atoms with Gasteiger partial charge in [-0.1, -0.05) is 34.1 Å². The number of aromatic nitrogens is 5. The number of fused-ring (bicyclic) bond motifs is 5. The predicted octanol–water partition coefficient (Wildman–Crippen LogP) is 8.57. The lowest BCUT2D eigenvalue weighted by Gasteiger charge is -2.12. The summed E-state index contributed by atoms with van der Waals surface area (Å²) in [6, 6.07) is 18.6. The van der Waals surface area contributed by atoms with Gasteiger partial charge in [-0.3, -0.25) is 54.3 Å². The minimum absolute atomic E-state index is 0.0457. The monoisotopic (exact) mass is 1180 g/mol. The minimum atomic E-state index is -0.630. The second-order valence-corrected chi connectivity index (χ2v) is 18.6. The van der Waals surface area contributed by atoms with Crippen LogP contribution in [0, 0.1) is 51.1 Å². The number of nitrogens with one attached hydrogen (secondary N) is 5. The number of primary amides is 5. The number of nitrogens with two attached hydrogens (primary N) is 5. The molecule has 0 aliphatic carbocycles. The number of hydrogen-bond acceptors (Lipinski definition) is 12. The van der Waals surface area contributed by atoms with E-state index in [0.717, 1.165) is 48.7 Å². The standard InChI is InChI=1S/C12H15N3O.2C10H9N3O3.C9H6BrN3O3.C9H7BrN2O/c1-7-4-5-8(12(13)16)11-10(7)9(6-14-11)15(2)3;2*1-5-2-3-6(10(11)14)9-8(5)7(4-12-9)13(15)16;10-5-2-1-4(9(11)14)8-7(5)6(3-12-8)13(15)16;10-7-2-1-6(9(11)13)8-5(7)3-4-12-8/h4-6,14H,1-3H3,(H2,13,16);2*2-4,12H,1H3,(H2,11,14);1-3,12H,(H2,11,14);1-4,12H,(H2,11,13). The van der Waals surface area contributed by atoms with Crippen LogP contribution in [0.5, 0.6) is 0 Å². The highest BCUT2D eigenvalue weighted by Gasteiger charge is 2.23. The van der Waals surface area contributed by atoms with Gasteiger partial charge in [0.2, 0.25) is 0 Å². The van der Waals surface area contributed by atoms with Gasteiger partial charge in [0, 0.05) is 46.2 Å². The SMILES string of the molecule is Cc1ccc(C(N)=O)c2[nH]cc(N(C)C)c12.Cc1ccc(C(N)=O)c2[nH]cc([N+](=O)[O-])c12.Cc1ccc(C(N)=O)c2[nH]cc([N+](=O)[O-])c12.NC(=O)c1ccc(Br)c2c([N+](=O)[O-])c[nH]c12.NC(=O)c1ccc(Br)c2cc[nH]c12. The molecule has 0 unspecified atom stereocenters. The number of carbonyl (C=O) groups excluding carboxylic acids is 5. The van der Waals surface area contributed by atoms with Crippen molar-refractivity contribution in [1.82, 2.24) is 24.9 Å². The van der Waals surface area contributed by atoms with Gasteiger partial charge in [-0.25, -0.2) is 0 Å². The van der Waals surface area contributed by atoms with Crippen LogP contribution in [-0.2, 0) is 0 Å². The number of benzene rings is 5. The molecule has 15 N–H and O–H groups in total. The molecule has 77 heavy (non-hydrogen) atoms. The number of halogens is 2. The third-order valence-corrected chi connectivity index (χ3v) is 13.3. The van der Waals surface area contributed by atoms with Gasteiger partial charge in [0.1, 0.15) is 0 Å². The highest BCUT2D eigenvalue weighted by Crippen LogP contribution is 2.35. The average Bonchev–Trinajstić information content (AvgIpc) is 4.22. The molecule has 0 spiro atoms. The lowest BCUT2D eigenvalue weighted by Crippen LogP contribution is -2.12. The number of rotatable bonds is 9. The van der Waals surface area contributed by atoms with Crippen LogP contribution in [-0.4, -0.2) is 83.3 Å². The summed E-state index contributed by atoms with van der Waals surface area (Å²) in [4.78, 5) is 103. The maximum Gasteiger partial charge on any atom is 0.295 e. The molecular weight excluding hydrogens is 1130 g/mol. The van der Waals surface area contributed by atoms with Gasteiger partial charge in [-0.2, -0.15) is 0 Å². The van der Waals surface area contributed by atoms with Crippen LogP contribution in [0.4, 0.5) is 22.7 Å². The van der Waals surface area contributed by atoms with E-state index in [4.69, 9.17) is 28.7 Å². The highest BCUT2D eigenvalue weighted by atomic mass is 79.9. The summed E-state index contributed by atoms with van der Waals surface area (Å²) in [6.45, 7) is 5.51. The largest absolute Gasteiger partial charge is 0.376 e. The van der Waals surface area contributed by atoms with E-state index >= 15 is 0 Å². The van der Waals surface area contributed by atoms with Crippen LogP contribution < -0.4 is 33.6 Å². The molecular formula is C50H46Br2N14O11. The number of H-pyrrole nitrogens is 5. The molecule has 5 amide bonds. The van der Waals surface area contributed by atoms with E-state index in [0.29, 0.717) is 48.3 Å². The first-order chi connectivity index (χ1) is 36.3. The Balaban J connectivity index is 0.000000156. The van der Waals surface area contributed by atoms with Crippen LogP contribution in [0.1, 0.15) is 68.5 Å². The third kappa shape index (κ3) is 11.6. The fraction of sp³-hybridized carbons (Fsp3) is 0.100. The number of nitro groups is 3. The van der Waals surface area contributed by atoms with Crippen LogP contribution in [0.15, 0.2) is 107 Å². The molecule has 10 rings (SSSR count). The molecule has 0 aliphatic heterocycles. The third-order valence-electron chi connectivity index (χ3n) is 11.9. The number of hydrogen-bond donors (Lipinski definition) is 10. The van der Waals surface area contributed by atoms with Crippen LogP contribution in [0.3, 0.4) is 0 Å². The molecule has 0 atom stereocenters. The summed E-state index contributed by atoms with van der Waals surface area (Å²) in [7, 11) is 3.94. The van der Waals surface area contributed by atoms with E-state index in [2.05, 4.69) is 56.8 Å². The first-order valence-electron chi connectivity index (χ1n) is 22.2. The van der Waals surface area contributed by atoms with Crippen LogP contribution >= 0.6 is 31.9 Å². The molecule has 0 saturated heterocycles. The molecule has 5 heterocycles. The van der Waals surface area contributed by atoms with E-state index in [1.165, 1.54) is 24.7 Å². The number of aromatic amines is 5. The van der Waals surface area contributed by atoms with Crippen molar-refractivity contribution < 1.29 is 38.7 Å². The minimum Gasteiger partial charge on any atom is -0.376 e. The van der Waals surface area contributed by atoms with Crippen molar-refractivity contribution >= 4 is 139 Å². The van der Waals surface area contributed by atoms with E-state index in [-0.39, 0.29) is 33.8 Å². The zero-order chi connectivity index (χ0) is 56.9. The highest BCUT2D eigenvalue weighted by molar-refractivity contribution is 9.11. The molecule has 10 aromatic rings. The summed E-state index contributed by atoms with van der Waals surface area (Å²) in [6.07, 6.45) is 7.45. The fourth-order valence-electron chi connectivity index (χ4n) is 8.32. The molecule has 5 aromatic heterocycles. The van der Waals surface area contributed by atoms with Crippen LogP contribution in [0.2, 0.25) is 0 Å². The number of aryl methyl sites for hydroxylation is 3. The smallest absolute Gasteiger partial charge is 0.295 e.